The highest BCUT2D eigenvalue weighted by molar-refractivity contribution is 7.80. The molecule has 0 unspecified atom stereocenters. The molecular formula is C28H23N2P. The summed E-state index contributed by atoms with van der Waals surface area (Å²) in [7, 11) is -0.680. The Kier molecular flexibility index (Phi) is 4.66. The third-order valence-electron chi connectivity index (χ3n) is 6.09. The van der Waals surface area contributed by atoms with E-state index in [9.17, 15) is 0 Å². The number of imidazole rings is 1. The fourth-order valence-electron chi connectivity index (χ4n) is 4.75. The highest BCUT2D eigenvalue weighted by atomic mass is 31.1. The van der Waals surface area contributed by atoms with Crippen LogP contribution in [-0.4, -0.2) is 9.55 Å². The lowest BCUT2D eigenvalue weighted by molar-refractivity contribution is 0.637. The third kappa shape index (κ3) is 3.19. The zero-order valence-electron chi connectivity index (χ0n) is 17.3. The minimum atomic E-state index is -0.680. The summed E-state index contributed by atoms with van der Waals surface area (Å²) in [5.74, 6) is 1.11. The van der Waals surface area contributed by atoms with Crippen LogP contribution in [0.3, 0.4) is 0 Å². The predicted octanol–water partition coefficient (Wildman–Crippen LogP) is 5.41. The maximum absolute atomic E-state index is 5.16. The molecule has 0 amide bonds. The van der Waals surface area contributed by atoms with Crippen LogP contribution in [0.4, 0.5) is 0 Å². The lowest BCUT2D eigenvalue weighted by atomic mass is 10.0. The van der Waals surface area contributed by atoms with Gasteiger partial charge in [-0.15, -0.1) is 0 Å². The molecule has 0 atom stereocenters. The Morgan fingerprint density at radius 2 is 1.35 bits per heavy atom. The minimum absolute atomic E-state index is 0.680. The van der Waals surface area contributed by atoms with E-state index in [1.54, 1.807) is 0 Å². The second-order valence-corrected chi connectivity index (χ2v) is 10.2. The molecule has 0 saturated heterocycles. The number of rotatable bonds is 4. The molecule has 1 aromatic heterocycles. The molecule has 1 aliphatic rings. The van der Waals surface area contributed by atoms with Crippen LogP contribution in [0.15, 0.2) is 103 Å². The van der Waals surface area contributed by atoms with E-state index >= 15 is 0 Å². The van der Waals surface area contributed by atoms with Gasteiger partial charge in [-0.1, -0.05) is 97.1 Å². The van der Waals surface area contributed by atoms with E-state index in [0.717, 1.165) is 24.3 Å². The number of para-hydroxylation sites is 1. The van der Waals surface area contributed by atoms with Crippen LogP contribution < -0.4 is 15.9 Å². The first kappa shape index (κ1) is 18.5. The molecule has 2 heterocycles. The number of aryl methyl sites for hydroxylation is 2. The lowest BCUT2D eigenvalue weighted by Gasteiger charge is -2.23. The molecule has 4 aromatic carbocycles. The van der Waals surface area contributed by atoms with Gasteiger partial charge in [-0.3, -0.25) is 0 Å². The summed E-state index contributed by atoms with van der Waals surface area (Å²) in [5.41, 5.74) is 5.12. The normalized spacial score (nSPS) is 13.1. The smallest absolute Gasteiger partial charge is 0.141 e. The molecule has 0 fully saturated rings. The highest BCUT2D eigenvalue weighted by Gasteiger charge is 2.24. The summed E-state index contributed by atoms with van der Waals surface area (Å²) < 4.78 is 2.45. The van der Waals surface area contributed by atoms with E-state index in [1.807, 2.05) is 0 Å². The van der Waals surface area contributed by atoms with Crippen LogP contribution in [0.2, 0.25) is 0 Å². The Bertz CT molecular complexity index is 1320. The van der Waals surface area contributed by atoms with Crippen molar-refractivity contribution in [2.75, 3.05) is 0 Å². The van der Waals surface area contributed by atoms with Gasteiger partial charge in [-0.05, 0) is 48.3 Å². The van der Waals surface area contributed by atoms with Gasteiger partial charge in [0.2, 0.25) is 0 Å². The van der Waals surface area contributed by atoms with E-state index in [2.05, 4.69) is 108 Å². The lowest BCUT2D eigenvalue weighted by Crippen LogP contribution is -2.23. The van der Waals surface area contributed by atoms with E-state index in [0.29, 0.717) is 0 Å². The molecule has 150 valence electrons. The van der Waals surface area contributed by atoms with Crippen LogP contribution in [-0.2, 0) is 13.0 Å². The molecule has 1 aliphatic heterocycles. The Morgan fingerprint density at radius 1 is 0.677 bits per heavy atom. The second kappa shape index (κ2) is 7.80. The van der Waals surface area contributed by atoms with Crippen molar-refractivity contribution in [3.05, 3.63) is 109 Å². The number of hydrogen-bond acceptors (Lipinski definition) is 1. The number of nitrogens with zero attached hydrogens (tertiary/aromatic N) is 2. The zero-order chi connectivity index (χ0) is 20.6. The molecule has 3 heteroatoms. The minimum Gasteiger partial charge on any atom is -0.324 e. The first-order chi connectivity index (χ1) is 15.4. The monoisotopic (exact) mass is 418 g/mol. The SMILES string of the molecule is c1ccc(P(c2ccccc2)c2ccccc2-c2nc3cccc4c3n2CCC4)cc1. The number of hydrogen-bond donors (Lipinski definition) is 0. The maximum atomic E-state index is 5.16. The van der Waals surface area contributed by atoms with Crippen molar-refractivity contribution < 1.29 is 0 Å². The van der Waals surface area contributed by atoms with Crippen molar-refractivity contribution in [2.45, 2.75) is 19.4 Å². The second-order valence-electron chi connectivity index (χ2n) is 8.00. The zero-order valence-corrected chi connectivity index (χ0v) is 18.2. The summed E-state index contributed by atoms with van der Waals surface area (Å²) in [6.45, 7) is 1.03. The standard InChI is InChI=1S/C28H23N2P/c1-3-13-22(14-4-1)31(23-15-5-2-6-16-23)26-19-8-7-17-24(26)28-29-25-18-9-11-21-12-10-20-30(28)27(21)25/h1-9,11,13-19H,10,12,20H2. The molecule has 0 spiro atoms. The molecule has 6 rings (SSSR count). The van der Waals surface area contributed by atoms with Crippen LogP contribution in [0.1, 0.15) is 12.0 Å². The Labute approximate surface area is 184 Å². The molecule has 0 bridgehead atoms. The molecule has 0 N–H and O–H groups in total. The molecule has 0 saturated carbocycles. The Morgan fingerprint density at radius 3 is 2.10 bits per heavy atom. The van der Waals surface area contributed by atoms with Crippen molar-refractivity contribution in [1.82, 2.24) is 9.55 Å². The van der Waals surface area contributed by atoms with E-state index in [4.69, 9.17) is 4.98 Å². The first-order valence-electron chi connectivity index (χ1n) is 10.9. The first-order valence-corrected chi connectivity index (χ1v) is 12.2. The van der Waals surface area contributed by atoms with E-state index in [1.165, 1.54) is 39.0 Å². The molecule has 31 heavy (non-hydrogen) atoms. The van der Waals surface area contributed by atoms with Gasteiger partial charge in [0.1, 0.15) is 5.82 Å². The summed E-state index contributed by atoms with van der Waals surface area (Å²) in [6.07, 6.45) is 2.31. The van der Waals surface area contributed by atoms with E-state index in [-0.39, 0.29) is 0 Å². The summed E-state index contributed by atoms with van der Waals surface area (Å²) in [6, 6.07) is 37.3. The van der Waals surface area contributed by atoms with Crippen LogP contribution >= 0.6 is 7.92 Å². The average Bonchev–Trinajstić information content (AvgIpc) is 3.22. The number of aromatic nitrogens is 2. The maximum Gasteiger partial charge on any atom is 0.141 e. The van der Waals surface area contributed by atoms with Crippen LogP contribution in [0.25, 0.3) is 22.4 Å². The molecule has 0 aliphatic carbocycles. The summed E-state index contributed by atoms with van der Waals surface area (Å²) in [4.78, 5) is 5.16. The predicted molar refractivity (Wildman–Crippen MR) is 132 cm³/mol. The summed E-state index contributed by atoms with van der Waals surface area (Å²) >= 11 is 0. The molecule has 5 aromatic rings. The van der Waals surface area contributed by atoms with Gasteiger partial charge < -0.3 is 4.57 Å². The van der Waals surface area contributed by atoms with Crippen molar-refractivity contribution in [3.8, 4) is 11.4 Å². The van der Waals surface area contributed by atoms with E-state index < -0.39 is 7.92 Å². The van der Waals surface area contributed by atoms with Crippen LogP contribution in [0, 0.1) is 0 Å². The topological polar surface area (TPSA) is 17.8 Å². The fraction of sp³-hybridized carbons (Fsp3) is 0.107. The Balaban J connectivity index is 1.61. The quantitative estimate of drug-likeness (QED) is 0.357. The van der Waals surface area contributed by atoms with Crippen LogP contribution in [0.5, 0.6) is 0 Å². The largest absolute Gasteiger partial charge is 0.324 e. The Hall–Kier alpha value is -3.22. The molecular weight excluding hydrogens is 395 g/mol. The van der Waals surface area contributed by atoms with Gasteiger partial charge in [-0.2, -0.15) is 0 Å². The third-order valence-corrected chi connectivity index (χ3v) is 8.59. The van der Waals surface area contributed by atoms with Crippen molar-refractivity contribution in [2.24, 2.45) is 0 Å². The van der Waals surface area contributed by atoms with Gasteiger partial charge in [-0.25, -0.2) is 4.98 Å². The van der Waals surface area contributed by atoms with Crippen molar-refractivity contribution >= 4 is 34.9 Å². The van der Waals surface area contributed by atoms with Crippen molar-refractivity contribution in [1.29, 1.82) is 0 Å². The average molecular weight is 418 g/mol. The van der Waals surface area contributed by atoms with Gasteiger partial charge >= 0.3 is 0 Å². The highest BCUT2D eigenvalue weighted by Crippen LogP contribution is 2.38. The molecule has 0 radical (unpaired) electrons. The number of benzene rings is 4. The fourth-order valence-corrected chi connectivity index (χ4v) is 7.20. The molecule has 2 nitrogen and oxygen atoms in total. The van der Waals surface area contributed by atoms with Crippen molar-refractivity contribution in [3.63, 3.8) is 0 Å². The van der Waals surface area contributed by atoms with Gasteiger partial charge in [0.05, 0.1) is 11.0 Å². The van der Waals surface area contributed by atoms with Gasteiger partial charge in [0.15, 0.2) is 0 Å². The summed E-state index contributed by atoms with van der Waals surface area (Å²) in [5, 5.41) is 4.10. The van der Waals surface area contributed by atoms with Gasteiger partial charge in [0, 0.05) is 12.1 Å². The van der Waals surface area contributed by atoms with Gasteiger partial charge in [0.25, 0.3) is 0 Å².